The van der Waals surface area contributed by atoms with Gasteiger partial charge in [0.15, 0.2) is 0 Å². The highest BCUT2D eigenvalue weighted by molar-refractivity contribution is 8.26. The third-order valence-electron chi connectivity index (χ3n) is 5.36. The summed E-state index contributed by atoms with van der Waals surface area (Å²) in [6.45, 7) is -0.273. The average Bonchev–Trinajstić information content (AvgIpc) is 3.05. The van der Waals surface area contributed by atoms with E-state index in [0.717, 1.165) is 35.9 Å². The lowest BCUT2D eigenvalue weighted by atomic mass is 9.98. The standard InChI is InChI=1S/C24H23FN2O3S2/c25-19-8-4-5-9-20(19)26-22(28)15-27-23(29)21(32-24(27)31)14-16-10-12-18(13-11-16)30-17-6-2-1-3-7-17/h4-5,8-14,17H,1-3,6-7,15H2,(H,26,28)/b21-14-. The van der Waals surface area contributed by atoms with Gasteiger partial charge >= 0.3 is 0 Å². The Kier molecular flexibility index (Phi) is 7.22. The quantitative estimate of drug-likeness (QED) is 0.454. The topological polar surface area (TPSA) is 58.6 Å². The van der Waals surface area contributed by atoms with Gasteiger partial charge in [0.05, 0.1) is 16.7 Å². The van der Waals surface area contributed by atoms with E-state index in [1.165, 1.54) is 42.4 Å². The van der Waals surface area contributed by atoms with Gasteiger partial charge in [-0.3, -0.25) is 14.5 Å². The number of hydrogen-bond donors (Lipinski definition) is 1. The maximum atomic E-state index is 13.7. The molecular weight excluding hydrogens is 447 g/mol. The van der Waals surface area contributed by atoms with Crippen molar-refractivity contribution >= 4 is 51.9 Å². The Morgan fingerprint density at radius 1 is 1.16 bits per heavy atom. The largest absolute Gasteiger partial charge is 0.490 e. The highest BCUT2D eigenvalue weighted by Crippen LogP contribution is 2.33. The summed E-state index contributed by atoms with van der Waals surface area (Å²) in [5.74, 6) is -0.573. The summed E-state index contributed by atoms with van der Waals surface area (Å²) in [5.41, 5.74) is 0.909. The van der Waals surface area contributed by atoms with Crippen LogP contribution in [0.4, 0.5) is 10.1 Å². The number of hydrogen-bond acceptors (Lipinski definition) is 5. The van der Waals surface area contributed by atoms with Crippen molar-refractivity contribution in [2.75, 3.05) is 11.9 Å². The highest BCUT2D eigenvalue weighted by atomic mass is 32.2. The van der Waals surface area contributed by atoms with Gasteiger partial charge in [-0.1, -0.05) is 54.7 Å². The number of thioether (sulfide) groups is 1. The Labute approximate surface area is 196 Å². The van der Waals surface area contributed by atoms with Crippen LogP contribution in [0.25, 0.3) is 6.08 Å². The van der Waals surface area contributed by atoms with Crippen LogP contribution in [0.2, 0.25) is 0 Å². The second-order valence-electron chi connectivity index (χ2n) is 7.74. The number of amides is 2. The third kappa shape index (κ3) is 5.55. The fraction of sp³-hybridized carbons (Fsp3) is 0.292. The molecule has 1 aliphatic heterocycles. The van der Waals surface area contributed by atoms with Gasteiger partial charge in [-0.15, -0.1) is 0 Å². The summed E-state index contributed by atoms with van der Waals surface area (Å²) in [4.78, 5) is 26.7. The lowest BCUT2D eigenvalue weighted by Gasteiger charge is -2.22. The van der Waals surface area contributed by atoms with Crippen molar-refractivity contribution in [3.05, 3.63) is 64.8 Å². The van der Waals surface area contributed by atoms with E-state index < -0.39 is 11.7 Å². The second-order valence-corrected chi connectivity index (χ2v) is 9.42. The molecular formula is C24H23FN2O3S2. The Morgan fingerprint density at radius 2 is 1.88 bits per heavy atom. The normalized spacial score (nSPS) is 18.3. The van der Waals surface area contributed by atoms with E-state index in [-0.39, 0.29) is 24.2 Å². The number of para-hydroxylation sites is 1. The van der Waals surface area contributed by atoms with Crippen LogP contribution in [-0.2, 0) is 9.59 Å². The van der Waals surface area contributed by atoms with E-state index in [1.807, 2.05) is 24.3 Å². The molecule has 4 rings (SSSR count). The summed E-state index contributed by atoms with van der Waals surface area (Å²) in [6, 6.07) is 13.5. The molecule has 0 radical (unpaired) electrons. The maximum Gasteiger partial charge on any atom is 0.266 e. The van der Waals surface area contributed by atoms with Crippen LogP contribution in [0.15, 0.2) is 53.4 Å². The molecule has 2 fully saturated rings. The first kappa shape index (κ1) is 22.5. The molecule has 1 saturated heterocycles. The van der Waals surface area contributed by atoms with Gasteiger partial charge in [0.1, 0.15) is 22.4 Å². The van der Waals surface area contributed by atoms with Crippen molar-refractivity contribution in [2.24, 2.45) is 0 Å². The molecule has 5 nitrogen and oxygen atoms in total. The zero-order valence-electron chi connectivity index (χ0n) is 17.4. The van der Waals surface area contributed by atoms with E-state index in [9.17, 15) is 14.0 Å². The van der Waals surface area contributed by atoms with Crippen molar-refractivity contribution in [1.29, 1.82) is 0 Å². The molecule has 2 aliphatic rings. The first-order valence-electron chi connectivity index (χ1n) is 10.6. The number of anilines is 1. The van der Waals surface area contributed by atoms with Gasteiger partial charge in [0.25, 0.3) is 5.91 Å². The lowest BCUT2D eigenvalue weighted by Crippen LogP contribution is -2.36. The summed E-state index contributed by atoms with van der Waals surface area (Å²) >= 11 is 6.43. The molecule has 0 atom stereocenters. The Hall–Kier alpha value is -2.71. The number of ether oxygens (including phenoxy) is 1. The number of thiocarbonyl (C=S) groups is 1. The molecule has 166 valence electrons. The summed E-state index contributed by atoms with van der Waals surface area (Å²) in [7, 11) is 0. The fourth-order valence-corrected chi connectivity index (χ4v) is 4.96. The van der Waals surface area contributed by atoms with Crippen LogP contribution in [0.3, 0.4) is 0 Å². The predicted molar refractivity (Wildman–Crippen MR) is 129 cm³/mol. The fourth-order valence-electron chi connectivity index (χ4n) is 3.70. The molecule has 8 heteroatoms. The molecule has 1 aliphatic carbocycles. The number of benzene rings is 2. The van der Waals surface area contributed by atoms with Crippen molar-refractivity contribution in [1.82, 2.24) is 4.90 Å². The Balaban J connectivity index is 1.37. The number of carbonyl (C=O) groups excluding carboxylic acids is 2. The van der Waals surface area contributed by atoms with Crippen molar-refractivity contribution in [2.45, 2.75) is 38.2 Å². The average molecular weight is 471 g/mol. The minimum Gasteiger partial charge on any atom is -0.490 e. The molecule has 2 amide bonds. The third-order valence-corrected chi connectivity index (χ3v) is 6.73. The molecule has 2 aromatic carbocycles. The lowest BCUT2D eigenvalue weighted by molar-refractivity contribution is -0.126. The van der Waals surface area contributed by atoms with Crippen molar-refractivity contribution < 1.29 is 18.7 Å². The van der Waals surface area contributed by atoms with Gasteiger partial charge in [0.2, 0.25) is 5.91 Å². The Bertz CT molecular complexity index is 1050. The molecule has 0 spiro atoms. The van der Waals surface area contributed by atoms with Crippen LogP contribution in [-0.4, -0.2) is 33.7 Å². The van der Waals surface area contributed by atoms with Gasteiger partial charge in [0, 0.05) is 0 Å². The van der Waals surface area contributed by atoms with Gasteiger partial charge < -0.3 is 10.1 Å². The summed E-state index contributed by atoms with van der Waals surface area (Å²) < 4.78 is 20.1. The zero-order chi connectivity index (χ0) is 22.5. The molecule has 32 heavy (non-hydrogen) atoms. The summed E-state index contributed by atoms with van der Waals surface area (Å²) in [6.07, 6.45) is 7.91. The Morgan fingerprint density at radius 3 is 2.59 bits per heavy atom. The van der Waals surface area contributed by atoms with E-state index in [0.29, 0.717) is 9.23 Å². The van der Waals surface area contributed by atoms with Crippen LogP contribution >= 0.6 is 24.0 Å². The number of halogens is 1. The first-order valence-corrected chi connectivity index (χ1v) is 11.8. The first-order chi connectivity index (χ1) is 15.5. The molecule has 1 heterocycles. The minimum atomic E-state index is -0.540. The second kappa shape index (κ2) is 10.3. The smallest absolute Gasteiger partial charge is 0.266 e. The van der Waals surface area contributed by atoms with E-state index in [1.54, 1.807) is 12.1 Å². The number of nitrogens with one attached hydrogen (secondary N) is 1. The van der Waals surface area contributed by atoms with Gasteiger partial charge in [-0.05, 0) is 61.6 Å². The van der Waals surface area contributed by atoms with Gasteiger partial charge in [-0.25, -0.2) is 4.39 Å². The number of nitrogens with zero attached hydrogens (tertiary/aromatic N) is 1. The van der Waals surface area contributed by atoms with Crippen LogP contribution in [0.5, 0.6) is 5.75 Å². The molecule has 1 saturated carbocycles. The molecule has 0 unspecified atom stereocenters. The molecule has 2 aromatic rings. The SMILES string of the molecule is O=C(CN1C(=O)/C(=C/c2ccc(OC3CCCCC3)cc2)SC1=S)Nc1ccccc1F. The monoisotopic (exact) mass is 470 g/mol. The predicted octanol–water partition coefficient (Wildman–Crippen LogP) is 5.38. The highest BCUT2D eigenvalue weighted by Gasteiger charge is 2.33. The molecule has 0 aromatic heterocycles. The van der Waals surface area contributed by atoms with E-state index in [2.05, 4.69) is 5.32 Å². The van der Waals surface area contributed by atoms with Gasteiger partial charge in [-0.2, -0.15) is 0 Å². The number of carbonyl (C=O) groups is 2. The van der Waals surface area contributed by atoms with Crippen molar-refractivity contribution in [3.63, 3.8) is 0 Å². The summed E-state index contributed by atoms with van der Waals surface area (Å²) in [5, 5.41) is 2.47. The van der Waals surface area contributed by atoms with Crippen LogP contribution in [0.1, 0.15) is 37.7 Å². The number of rotatable bonds is 6. The van der Waals surface area contributed by atoms with Crippen LogP contribution in [0, 0.1) is 5.82 Å². The van der Waals surface area contributed by atoms with E-state index in [4.69, 9.17) is 17.0 Å². The zero-order valence-corrected chi connectivity index (χ0v) is 19.0. The minimum absolute atomic E-state index is 0.0639. The molecule has 1 N–H and O–H groups in total. The maximum absolute atomic E-state index is 13.7. The van der Waals surface area contributed by atoms with Crippen molar-refractivity contribution in [3.8, 4) is 5.75 Å². The van der Waals surface area contributed by atoms with E-state index >= 15 is 0 Å². The molecule has 0 bridgehead atoms. The van der Waals surface area contributed by atoms with Crippen LogP contribution < -0.4 is 10.1 Å².